The largest absolute Gasteiger partial charge is 0.483 e. The van der Waals surface area contributed by atoms with Gasteiger partial charge in [0.05, 0.1) is 6.61 Å². The molecule has 0 aliphatic carbocycles. The number of hydrogen-bond acceptors (Lipinski definition) is 3. The van der Waals surface area contributed by atoms with Crippen LogP contribution in [0.25, 0.3) is 0 Å². The summed E-state index contributed by atoms with van der Waals surface area (Å²) in [7, 11) is 0. The molecule has 1 aromatic rings. The van der Waals surface area contributed by atoms with Crippen LogP contribution in [0.3, 0.4) is 0 Å². The molecule has 1 aliphatic rings. The lowest BCUT2D eigenvalue weighted by Crippen LogP contribution is -2.32. The third kappa shape index (κ3) is 1.50. The lowest BCUT2D eigenvalue weighted by molar-refractivity contribution is 0.0424. The highest BCUT2D eigenvalue weighted by atomic mass is 19.1. The van der Waals surface area contributed by atoms with Gasteiger partial charge in [0, 0.05) is 12.1 Å². The second-order valence-electron chi connectivity index (χ2n) is 2.95. The van der Waals surface area contributed by atoms with Gasteiger partial charge < -0.3 is 14.6 Å². The summed E-state index contributed by atoms with van der Waals surface area (Å²) in [6.07, 6.45) is -0.566. The van der Waals surface area contributed by atoms with Crippen LogP contribution in [-0.4, -0.2) is 24.4 Å². The van der Waals surface area contributed by atoms with Crippen LogP contribution in [0.4, 0.5) is 8.78 Å². The van der Waals surface area contributed by atoms with Gasteiger partial charge in [0.1, 0.15) is 12.4 Å². The van der Waals surface area contributed by atoms with Gasteiger partial charge in [-0.1, -0.05) is 0 Å². The first-order valence-electron chi connectivity index (χ1n) is 4.10. The summed E-state index contributed by atoms with van der Waals surface area (Å²) in [6.45, 7) is -0.191. The first kappa shape index (κ1) is 9.21. The lowest BCUT2D eigenvalue weighted by atomic mass is 10.2. The van der Waals surface area contributed by atoms with Crippen molar-refractivity contribution in [3.05, 3.63) is 23.8 Å². The molecule has 1 N–H and O–H groups in total. The number of benzene rings is 1. The molecular formula is C9H8F2O3. The van der Waals surface area contributed by atoms with Crippen LogP contribution in [-0.2, 0) is 0 Å². The van der Waals surface area contributed by atoms with Crippen molar-refractivity contribution < 1.29 is 23.4 Å². The average Bonchev–Trinajstić information content (AvgIpc) is 2.16. The van der Waals surface area contributed by atoms with Crippen LogP contribution in [0.1, 0.15) is 0 Å². The van der Waals surface area contributed by atoms with Crippen LogP contribution in [0.2, 0.25) is 0 Å². The Morgan fingerprint density at radius 3 is 2.93 bits per heavy atom. The molecule has 76 valence electrons. The van der Waals surface area contributed by atoms with Gasteiger partial charge in [-0.15, -0.1) is 0 Å². The zero-order valence-corrected chi connectivity index (χ0v) is 7.17. The van der Waals surface area contributed by atoms with Crippen molar-refractivity contribution in [1.82, 2.24) is 0 Å². The van der Waals surface area contributed by atoms with Crippen molar-refractivity contribution in [1.29, 1.82) is 0 Å². The van der Waals surface area contributed by atoms with Crippen LogP contribution < -0.4 is 9.47 Å². The van der Waals surface area contributed by atoms with E-state index >= 15 is 0 Å². The monoisotopic (exact) mass is 202 g/mol. The van der Waals surface area contributed by atoms with E-state index < -0.39 is 17.7 Å². The van der Waals surface area contributed by atoms with E-state index in [0.717, 1.165) is 12.1 Å². The van der Waals surface area contributed by atoms with Crippen molar-refractivity contribution in [2.45, 2.75) is 6.10 Å². The maximum absolute atomic E-state index is 13.1. The molecule has 2 rings (SSSR count). The molecule has 0 aromatic heterocycles. The van der Waals surface area contributed by atoms with Crippen molar-refractivity contribution in [3.8, 4) is 11.5 Å². The highest BCUT2D eigenvalue weighted by Gasteiger charge is 2.24. The topological polar surface area (TPSA) is 38.7 Å². The molecule has 0 radical (unpaired) electrons. The van der Waals surface area contributed by atoms with Crippen LogP contribution in [0, 0.1) is 11.6 Å². The molecule has 1 aliphatic heterocycles. The Bertz CT molecular complexity index is 354. The van der Waals surface area contributed by atoms with Gasteiger partial charge in [0.15, 0.2) is 23.4 Å². The molecule has 3 nitrogen and oxygen atoms in total. The third-order valence-corrected chi connectivity index (χ3v) is 1.89. The zero-order valence-electron chi connectivity index (χ0n) is 7.17. The number of fused-ring (bicyclic) bond motifs is 1. The smallest absolute Gasteiger partial charge is 0.197 e. The maximum atomic E-state index is 13.1. The Morgan fingerprint density at radius 1 is 1.43 bits per heavy atom. The first-order valence-corrected chi connectivity index (χ1v) is 4.10. The normalized spacial score (nSPS) is 19.5. The summed E-state index contributed by atoms with van der Waals surface area (Å²) in [5.41, 5.74) is 0. The Labute approximate surface area is 78.9 Å². The van der Waals surface area contributed by atoms with Gasteiger partial charge in [-0.2, -0.15) is 0 Å². The highest BCUT2D eigenvalue weighted by molar-refractivity contribution is 5.42. The number of halogens is 2. The van der Waals surface area contributed by atoms with E-state index in [9.17, 15) is 8.78 Å². The summed E-state index contributed by atoms with van der Waals surface area (Å²) in [4.78, 5) is 0. The molecule has 5 heteroatoms. The minimum absolute atomic E-state index is 0.00667. The second-order valence-corrected chi connectivity index (χ2v) is 2.95. The number of aliphatic hydroxyl groups is 1. The molecule has 1 aromatic carbocycles. The molecule has 0 fully saturated rings. The van der Waals surface area contributed by atoms with Crippen molar-refractivity contribution >= 4 is 0 Å². The second kappa shape index (κ2) is 3.42. The molecular weight excluding hydrogens is 194 g/mol. The Morgan fingerprint density at radius 2 is 2.21 bits per heavy atom. The molecule has 14 heavy (non-hydrogen) atoms. The van der Waals surface area contributed by atoms with Crippen molar-refractivity contribution in [2.75, 3.05) is 13.2 Å². The van der Waals surface area contributed by atoms with Gasteiger partial charge >= 0.3 is 0 Å². The van der Waals surface area contributed by atoms with Gasteiger partial charge in [-0.05, 0) is 0 Å². The summed E-state index contributed by atoms with van der Waals surface area (Å²) >= 11 is 0. The Kier molecular flexibility index (Phi) is 2.25. The number of ether oxygens (including phenoxy) is 2. The number of hydrogen-bond donors (Lipinski definition) is 1. The van der Waals surface area contributed by atoms with Crippen LogP contribution in [0.15, 0.2) is 12.1 Å². The van der Waals surface area contributed by atoms with E-state index in [1.165, 1.54) is 0 Å². The van der Waals surface area contributed by atoms with E-state index in [2.05, 4.69) is 0 Å². The van der Waals surface area contributed by atoms with Gasteiger partial charge in [-0.25, -0.2) is 8.78 Å². The van der Waals surface area contributed by atoms with E-state index in [0.29, 0.717) is 0 Å². The molecule has 1 atom stereocenters. The maximum Gasteiger partial charge on any atom is 0.197 e. The summed E-state index contributed by atoms with van der Waals surface area (Å²) in [6, 6.07) is 1.75. The molecule has 0 saturated heterocycles. The van der Waals surface area contributed by atoms with E-state index in [1.807, 2.05) is 0 Å². The summed E-state index contributed by atoms with van der Waals surface area (Å²) in [5.74, 6) is -1.64. The first-order chi connectivity index (χ1) is 6.70. The molecule has 0 unspecified atom stereocenters. The summed E-state index contributed by atoms with van der Waals surface area (Å²) in [5, 5.41) is 8.76. The molecule has 1 heterocycles. The Hall–Kier alpha value is -1.36. The number of rotatable bonds is 1. The van der Waals surface area contributed by atoms with Crippen molar-refractivity contribution in [2.24, 2.45) is 0 Å². The molecule has 0 amide bonds. The fraction of sp³-hybridized carbons (Fsp3) is 0.333. The van der Waals surface area contributed by atoms with Crippen molar-refractivity contribution in [3.63, 3.8) is 0 Å². The SMILES string of the molecule is OC[C@H]1COc2c(F)cc(F)cc2O1. The Balaban J connectivity index is 2.37. The third-order valence-electron chi connectivity index (χ3n) is 1.89. The lowest BCUT2D eigenvalue weighted by Gasteiger charge is -2.25. The standard InChI is InChI=1S/C9H8F2O3/c10-5-1-7(11)9-8(2-5)14-6(3-12)4-13-9/h1-2,6,12H,3-4H2/t6-/m0/s1. The minimum atomic E-state index is -0.795. The van der Waals surface area contributed by atoms with E-state index in [-0.39, 0.29) is 24.7 Å². The van der Waals surface area contributed by atoms with Gasteiger partial charge in [0.25, 0.3) is 0 Å². The van der Waals surface area contributed by atoms with Crippen LogP contribution in [0.5, 0.6) is 11.5 Å². The summed E-state index contributed by atoms with van der Waals surface area (Å²) < 4.78 is 35.9. The predicted molar refractivity (Wildman–Crippen MR) is 43.4 cm³/mol. The quantitative estimate of drug-likeness (QED) is 0.741. The molecule has 0 spiro atoms. The van der Waals surface area contributed by atoms with Crippen LogP contribution >= 0.6 is 0 Å². The van der Waals surface area contributed by atoms with Gasteiger partial charge in [0.2, 0.25) is 0 Å². The van der Waals surface area contributed by atoms with Gasteiger partial charge in [-0.3, -0.25) is 0 Å². The van der Waals surface area contributed by atoms with E-state index in [1.54, 1.807) is 0 Å². The number of aliphatic hydroxyl groups excluding tert-OH is 1. The zero-order chi connectivity index (χ0) is 10.1. The minimum Gasteiger partial charge on any atom is -0.483 e. The van der Waals surface area contributed by atoms with E-state index in [4.69, 9.17) is 14.6 Å². The average molecular weight is 202 g/mol. The predicted octanol–water partition coefficient (Wildman–Crippen LogP) is 1.10. The fourth-order valence-electron chi connectivity index (χ4n) is 1.24. The molecule has 0 saturated carbocycles. The fourth-order valence-corrected chi connectivity index (χ4v) is 1.24. The highest BCUT2D eigenvalue weighted by Crippen LogP contribution is 2.34. The molecule has 0 bridgehead atoms.